The van der Waals surface area contributed by atoms with Crippen molar-refractivity contribution >= 4 is 11.6 Å². The van der Waals surface area contributed by atoms with Gasteiger partial charge in [-0.3, -0.25) is 0 Å². The van der Waals surface area contributed by atoms with Crippen LogP contribution in [0.3, 0.4) is 0 Å². The molecule has 0 atom stereocenters. The summed E-state index contributed by atoms with van der Waals surface area (Å²) in [6.07, 6.45) is -4.83. The van der Waals surface area contributed by atoms with Gasteiger partial charge in [0.2, 0.25) is 0 Å². The Kier molecular flexibility index (Phi) is 3.01. The molecule has 0 heterocycles. The monoisotopic (exact) mass is 228 g/mol. The first-order chi connectivity index (χ1) is 6.36. The molecule has 1 N–H and O–H groups in total. The molecule has 0 amide bonds. The topological polar surface area (TPSA) is 20.2 Å². The van der Waals surface area contributed by atoms with Gasteiger partial charge in [0.15, 0.2) is 0 Å². The largest absolute Gasteiger partial charge is 0.419 e. The van der Waals surface area contributed by atoms with Crippen molar-refractivity contribution in [3.8, 4) is 0 Å². The molecular weight excluding hydrogens is 224 g/mol. The summed E-state index contributed by atoms with van der Waals surface area (Å²) in [6, 6.07) is 1.44. The molecule has 14 heavy (non-hydrogen) atoms. The average Bonchev–Trinajstić information content (AvgIpc) is 1.99. The van der Waals surface area contributed by atoms with Gasteiger partial charge in [0.25, 0.3) is 0 Å². The zero-order chi connectivity index (χ0) is 10.9. The molecule has 0 aliphatic rings. The Bertz CT molecular complexity index is 348. The fourth-order valence-electron chi connectivity index (χ4n) is 1.07. The molecule has 0 radical (unpaired) electrons. The van der Waals surface area contributed by atoms with Crippen LogP contribution in [0, 0.1) is 5.82 Å². The second kappa shape index (κ2) is 3.74. The molecule has 1 aromatic carbocycles. The van der Waals surface area contributed by atoms with Gasteiger partial charge in [0, 0.05) is 5.02 Å². The molecule has 0 aliphatic heterocycles. The fraction of sp³-hybridized carbons (Fsp3) is 0.250. The van der Waals surface area contributed by atoms with Gasteiger partial charge in [-0.15, -0.1) is 0 Å². The van der Waals surface area contributed by atoms with E-state index in [-0.39, 0.29) is 5.02 Å². The minimum absolute atomic E-state index is 0.181. The van der Waals surface area contributed by atoms with Crippen LogP contribution in [0.1, 0.15) is 11.1 Å². The average molecular weight is 229 g/mol. The van der Waals surface area contributed by atoms with Crippen LogP contribution in [0.2, 0.25) is 5.02 Å². The minimum atomic E-state index is -4.83. The van der Waals surface area contributed by atoms with E-state index in [2.05, 4.69) is 0 Å². The highest BCUT2D eigenvalue weighted by Gasteiger charge is 2.36. The lowest BCUT2D eigenvalue weighted by Crippen LogP contribution is -2.12. The van der Waals surface area contributed by atoms with Gasteiger partial charge < -0.3 is 5.11 Å². The Morgan fingerprint density at radius 3 is 2.29 bits per heavy atom. The van der Waals surface area contributed by atoms with Crippen LogP contribution in [0.5, 0.6) is 0 Å². The number of benzene rings is 1. The van der Waals surface area contributed by atoms with E-state index in [0.29, 0.717) is 6.07 Å². The van der Waals surface area contributed by atoms with E-state index in [0.717, 1.165) is 6.07 Å². The summed E-state index contributed by atoms with van der Waals surface area (Å²) in [5.74, 6) is -1.48. The van der Waals surface area contributed by atoms with Gasteiger partial charge >= 0.3 is 6.18 Å². The van der Waals surface area contributed by atoms with Crippen LogP contribution in [0.15, 0.2) is 12.1 Å². The van der Waals surface area contributed by atoms with Crippen molar-refractivity contribution in [3.63, 3.8) is 0 Å². The highest BCUT2D eigenvalue weighted by Crippen LogP contribution is 2.35. The van der Waals surface area contributed by atoms with E-state index >= 15 is 0 Å². The lowest BCUT2D eigenvalue weighted by molar-refractivity contribution is -0.141. The zero-order valence-electron chi connectivity index (χ0n) is 6.70. The number of hydrogen-bond donors (Lipinski definition) is 1. The molecule has 0 saturated carbocycles. The summed E-state index contributed by atoms with van der Waals surface area (Å²) in [6.45, 7) is -0.910. The number of halogens is 5. The summed E-state index contributed by atoms with van der Waals surface area (Å²) in [4.78, 5) is 0. The summed E-state index contributed by atoms with van der Waals surface area (Å²) in [5, 5.41) is 8.42. The molecule has 0 aliphatic carbocycles. The highest BCUT2D eigenvalue weighted by atomic mass is 35.5. The number of rotatable bonds is 1. The molecule has 1 aromatic rings. The lowest BCUT2D eigenvalue weighted by Gasteiger charge is -2.12. The maximum absolute atomic E-state index is 12.9. The van der Waals surface area contributed by atoms with Crippen molar-refractivity contribution in [2.75, 3.05) is 0 Å². The zero-order valence-corrected chi connectivity index (χ0v) is 7.45. The summed E-state index contributed by atoms with van der Waals surface area (Å²) in [7, 11) is 0. The van der Waals surface area contributed by atoms with E-state index in [1.54, 1.807) is 0 Å². The van der Waals surface area contributed by atoms with E-state index in [1.165, 1.54) is 0 Å². The fourth-order valence-corrected chi connectivity index (χ4v) is 1.30. The number of aliphatic hydroxyl groups excluding tert-OH is 1. The Morgan fingerprint density at radius 1 is 1.29 bits per heavy atom. The molecule has 0 saturated heterocycles. The summed E-state index contributed by atoms with van der Waals surface area (Å²) < 4.78 is 49.6. The number of hydrogen-bond acceptors (Lipinski definition) is 1. The minimum Gasteiger partial charge on any atom is -0.392 e. The van der Waals surface area contributed by atoms with Gasteiger partial charge in [-0.2, -0.15) is 13.2 Å². The second-order valence-electron chi connectivity index (χ2n) is 2.58. The first-order valence-electron chi connectivity index (χ1n) is 3.52. The number of aliphatic hydroxyl groups is 1. The summed E-state index contributed by atoms with van der Waals surface area (Å²) >= 11 is 5.33. The smallest absolute Gasteiger partial charge is 0.392 e. The highest BCUT2D eigenvalue weighted by molar-refractivity contribution is 6.30. The normalized spacial score (nSPS) is 11.9. The van der Waals surface area contributed by atoms with Crippen LogP contribution < -0.4 is 0 Å². The van der Waals surface area contributed by atoms with Crippen LogP contribution in [-0.4, -0.2) is 5.11 Å². The van der Waals surface area contributed by atoms with Crippen LogP contribution in [0.25, 0.3) is 0 Å². The van der Waals surface area contributed by atoms with E-state index in [1.807, 2.05) is 0 Å². The molecular formula is C8H5ClF4O. The standard InChI is InChI=1S/C8H5ClF4O/c9-5-1-4(3-14)7(6(10)2-5)8(11,12)13/h1-2,14H,3H2. The Labute approximate surface area is 81.9 Å². The molecule has 0 bridgehead atoms. The molecule has 0 aromatic heterocycles. The van der Waals surface area contributed by atoms with Crippen molar-refractivity contribution in [3.05, 3.63) is 34.1 Å². The van der Waals surface area contributed by atoms with Gasteiger partial charge in [-0.1, -0.05) is 11.6 Å². The van der Waals surface area contributed by atoms with Crippen molar-refractivity contribution in [1.29, 1.82) is 0 Å². The quantitative estimate of drug-likeness (QED) is 0.733. The molecule has 0 fully saturated rings. The van der Waals surface area contributed by atoms with Crippen LogP contribution in [0.4, 0.5) is 17.6 Å². The van der Waals surface area contributed by atoms with Gasteiger partial charge in [0.05, 0.1) is 12.2 Å². The molecule has 1 rings (SSSR count). The second-order valence-corrected chi connectivity index (χ2v) is 3.01. The SMILES string of the molecule is OCc1cc(Cl)cc(F)c1C(F)(F)F. The van der Waals surface area contributed by atoms with Crippen LogP contribution in [-0.2, 0) is 12.8 Å². The van der Waals surface area contributed by atoms with Gasteiger partial charge in [-0.25, -0.2) is 4.39 Å². The Balaban J connectivity index is 3.40. The first-order valence-corrected chi connectivity index (χ1v) is 3.90. The number of alkyl halides is 3. The predicted octanol–water partition coefficient (Wildman–Crippen LogP) is 2.99. The van der Waals surface area contributed by atoms with E-state index in [4.69, 9.17) is 16.7 Å². The van der Waals surface area contributed by atoms with Crippen molar-refractivity contribution in [2.45, 2.75) is 12.8 Å². The van der Waals surface area contributed by atoms with E-state index < -0.39 is 29.7 Å². The van der Waals surface area contributed by atoms with Crippen molar-refractivity contribution < 1.29 is 22.7 Å². The molecule has 78 valence electrons. The maximum Gasteiger partial charge on any atom is 0.419 e. The summed E-state index contributed by atoms with van der Waals surface area (Å²) in [5.41, 5.74) is -2.04. The Morgan fingerprint density at radius 2 is 1.86 bits per heavy atom. The molecule has 0 unspecified atom stereocenters. The van der Waals surface area contributed by atoms with Gasteiger partial charge in [-0.05, 0) is 17.7 Å². The third-order valence-electron chi connectivity index (χ3n) is 1.59. The molecule has 6 heteroatoms. The molecule has 0 spiro atoms. The Hall–Kier alpha value is -0.810. The first kappa shape index (κ1) is 11.3. The van der Waals surface area contributed by atoms with Crippen molar-refractivity contribution in [2.24, 2.45) is 0 Å². The van der Waals surface area contributed by atoms with E-state index in [9.17, 15) is 17.6 Å². The van der Waals surface area contributed by atoms with Crippen LogP contribution >= 0.6 is 11.6 Å². The lowest BCUT2D eigenvalue weighted by atomic mass is 10.1. The third kappa shape index (κ3) is 2.16. The van der Waals surface area contributed by atoms with Crippen molar-refractivity contribution in [1.82, 2.24) is 0 Å². The predicted molar refractivity (Wildman–Crippen MR) is 42.3 cm³/mol. The maximum atomic E-state index is 12.9. The molecule has 1 nitrogen and oxygen atoms in total. The third-order valence-corrected chi connectivity index (χ3v) is 1.81. The van der Waals surface area contributed by atoms with Gasteiger partial charge in [0.1, 0.15) is 5.82 Å².